The summed E-state index contributed by atoms with van der Waals surface area (Å²) in [6.07, 6.45) is 8.28. The summed E-state index contributed by atoms with van der Waals surface area (Å²) in [5.74, 6) is 1.39. The number of fused-ring (bicyclic) bond motifs is 2. The molecular weight excluding hydrogens is 428 g/mol. The van der Waals surface area contributed by atoms with E-state index in [1.165, 1.54) is 5.56 Å². The van der Waals surface area contributed by atoms with Crippen LogP contribution in [0.1, 0.15) is 35.3 Å². The smallest absolute Gasteiger partial charge is 0.260 e. The van der Waals surface area contributed by atoms with Gasteiger partial charge in [0.15, 0.2) is 5.82 Å². The molecule has 0 radical (unpaired) electrons. The maximum Gasteiger partial charge on any atom is 0.260 e. The molecule has 4 aromatic rings. The molecule has 2 aromatic carbocycles. The molecule has 1 N–H and O–H groups in total. The maximum atomic E-state index is 13.3. The Labute approximate surface area is 198 Å². The van der Waals surface area contributed by atoms with Crippen LogP contribution in [0.5, 0.6) is 11.5 Å². The van der Waals surface area contributed by atoms with Crippen molar-refractivity contribution in [2.75, 3.05) is 12.4 Å². The first-order valence-corrected chi connectivity index (χ1v) is 11.2. The molecule has 0 atom stereocenters. The number of nitrogens with one attached hydrogen (secondary N) is 1. The van der Waals surface area contributed by atoms with E-state index >= 15 is 0 Å². The van der Waals surface area contributed by atoms with Gasteiger partial charge in [-0.2, -0.15) is 5.10 Å². The van der Waals surface area contributed by atoms with Gasteiger partial charge < -0.3 is 14.8 Å². The summed E-state index contributed by atoms with van der Waals surface area (Å²) in [7, 11) is 1.56. The molecule has 5 rings (SSSR count). The van der Waals surface area contributed by atoms with Crippen LogP contribution in [-0.2, 0) is 13.0 Å². The highest BCUT2D eigenvalue weighted by Gasteiger charge is 2.27. The summed E-state index contributed by atoms with van der Waals surface area (Å²) in [4.78, 5) is 17.4. The van der Waals surface area contributed by atoms with Crippen molar-refractivity contribution in [2.24, 2.45) is 0 Å². The molecule has 0 saturated heterocycles. The second-order valence-corrected chi connectivity index (χ2v) is 8.75. The monoisotopic (exact) mass is 454 g/mol. The Morgan fingerprint density at radius 1 is 1.12 bits per heavy atom. The lowest BCUT2D eigenvalue weighted by molar-refractivity contribution is 0.102. The second-order valence-electron chi connectivity index (χ2n) is 8.75. The summed E-state index contributed by atoms with van der Waals surface area (Å²) in [6, 6.07) is 15.4. The zero-order valence-corrected chi connectivity index (χ0v) is 19.4. The summed E-state index contributed by atoms with van der Waals surface area (Å²) in [6.45, 7) is 4.64. The van der Waals surface area contributed by atoms with E-state index in [9.17, 15) is 4.79 Å². The Balaban J connectivity index is 1.44. The van der Waals surface area contributed by atoms with Crippen molar-refractivity contribution in [3.05, 3.63) is 83.7 Å². The van der Waals surface area contributed by atoms with Crippen molar-refractivity contribution in [3.8, 4) is 11.5 Å². The Bertz CT molecular complexity index is 1390. The Hall–Kier alpha value is -4.13. The van der Waals surface area contributed by atoms with Crippen LogP contribution in [0, 0.1) is 0 Å². The number of anilines is 1. The second kappa shape index (κ2) is 8.67. The standard InChI is InChI=1S/C27H26N4O3/c1-27(2)14-10-20-23(34-27)9-8-21(24(20)33-3)26(32)29-25-19-6-4-5-7-22(19)31(30-25)17-13-18-11-15-28-16-12-18/h4-12,14-16H,13,17H2,1-3H3,(H,29,30,32). The van der Waals surface area contributed by atoms with Crippen LogP contribution in [0.4, 0.5) is 5.82 Å². The fraction of sp³-hybridized carbons (Fsp3) is 0.222. The van der Waals surface area contributed by atoms with Crippen molar-refractivity contribution in [1.29, 1.82) is 0 Å². The number of methoxy groups -OCH3 is 1. The number of ether oxygens (including phenoxy) is 2. The summed E-state index contributed by atoms with van der Waals surface area (Å²) >= 11 is 0. The summed E-state index contributed by atoms with van der Waals surface area (Å²) < 4.78 is 13.6. The largest absolute Gasteiger partial charge is 0.495 e. The van der Waals surface area contributed by atoms with E-state index in [1.54, 1.807) is 25.6 Å². The number of aryl methyl sites for hydroxylation is 2. The minimum Gasteiger partial charge on any atom is -0.495 e. The van der Waals surface area contributed by atoms with Crippen LogP contribution < -0.4 is 14.8 Å². The number of hydrogen-bond acceptors (Lipinski definition) is 5. The van der Waals surface area contributed by atoms with E-state index in [0.717, 1.165) is 22.9 Å². The van der Waals surface area contributed by atoms with Gasteiger partial charge in [0.05, 0.1) is 23.8 Å². The van der Waals surface area contributed by atoms with Crippen LogP contribution in [0.15, 0.2) is 67.0 Å². The normalized spacial score (nSPS) is 13.9. The summed E-state index contributed by atoms with van der Waals surface area (Å²) in [5, 5.41) is 8.60. The third kappa shape index (κ3) is 4.12. The third-order valence-corrected chi connectivity index (χ3v) is 5.88. The zero-order chi connectivity index (χ0) is 23.7. The van der Waals surface area contributed by atoms with Crippen LogP contribution in [0.3, 0.4) is 0 Å². The van der Waals surface area contributed by atoms with E-state index in [4.69, 9.17) is 14.6 Å². The van der Waals surface area contributed by atoms with Gasteiger partial charge in [-0.3, -0.25) is 14.5 Å². The third-order valence-electron chi connectivity index (χ3n) is 5.88. The number of pyridine rings is 1. The first-order chi connectivity index (χ1) is 16.4. The number of hydrogen-bond donors (Lipinski definition) is 1. The highest BCUT2D eigenvalue weighted by atomic mass is 16.5. The van der Waals surface area contributed by atoms with Gasteiger partial charge in [0.2, 0.25) is 0 Å². The van der Waals surface area contributed by atoms with Crippen LogP contribution in [0.25, 0.3) is 17.0 Å². The fourth-order valence-electron chi connectivity index (χ4n) is 4.18. The van der Waals surface area contributed by atoms with Crippen LogP contribution in [-0.4, -0.2) is 33.4 Å². The highest BCUT2D eigenvalue weighted by Crippen LogP contribution is 2.39. The van der Waals surface area contributed by atoms with Gasteiger partial charge in [0.1, 0.15) is 17.1 Å². The van der Waals surface area contributed by atoms with Gasteiger partial charge in [0.25, 0.3) is 5.91 Å². The van der Waals surface area contributed by atoms with E-state index in [0.29, 0.717) is 29.4 Å². The number of rotatable bonds is 6. The minimum absolute atomic E-state index is 0.289. The van der Waals surface area contributed by atoms with Crippen LogP contribution >= 0.6 is 0 Å². The number of aromatic nitrogens is 3. The first-order valence-electron chi connectivity index (χ1n) is 11.2. The average Bonchev–Trinajstić information content (AvgIpc) is 3.19. The molecule has 7 nitrogen and oxygen atoms in total. The fourth-order valence-corrected chi connectivity index (χ4v) is 4.18. The molecule has 3 heterocycles. The average molecular weight is 455 g/mol. The van der Waals surface area contributed by atoms with Gasteiger partial charge in [-0.05, 0) is 74.4 Å². The molecule has 0 saturated carbocycles. The molecule has 172 valence electrons. The molecule has 0 spiro atoms. The van der Waals surface area contributed by atoms with E-state index in [1.807, 2.05) is 73.1 Å². The first kappa shape index (κ1) is 21.7. The van der Waals surface area contributed by atoms with Crippen molar-refractivity contribution in [2.45, 2.75) is 32.4 Å². The topological polar surface area (TPSA) is 78.3 Å². The van der Waals surface area contributed by atoms with Gasteiger partial charge in [-0.25, -0.2) is 0 Å². The molecule has 1 amide bonds. The van der Waals surface area contributed by atoms with Crippen molar-refractivity contribution >= 4 is 28.7 Å². The quantitative estimate of drug-likeness (QED) is 0.438. The van der Waals surface area contributed by atoms with Gasteiger partial charge in [0, 0.05) is 24.3 Å². The number of nitrogens with zero attached hydrogens (tertiary/aromatic N) is 3. The maximum absolute atomic E-state index is 13.3. The predicted octanol–water partition coefficient (Wildman–Crippen LogP) is 5.12. The number of para-hydroxylation sites is 1. The number of amides is 1. The molecule has 7 heteroatoms. The number of carbonyl (C=O) groups is 1. The number of benzene rings is 2. The molecule has 34 heavy (non-hydrogen) atoms. The molecule has 0 bridgehead atoms. The van der Waals surface area contributed by atoms with Gasteiger partial charge in [-0.1, -0.05) is 12.1 Å². The molecule has 0 aliphatic carbocycles. The molecular formula is C27H26N4O3. The lowest BCUT2D eigenvalue weighted by atomic mass is 9.99. The van der Waals surface area contributed by atoms with E-state index < -0.39 is 5.60 Å². The van der Waals surface area contributed by atoms with Gasteiger partial charge in [-0.15, -0.1) is 0 Å². The lowest BCUT2D eigenvalue weighted by Crippen LogP contribution is -2.28. The van der Waals surface area contributed by atoms with Gasteiger partial charge >= 0.3 is 0 Å². The zero-order valence-electron chi connectivity index (χ0n) is 19.4. The Morgan fingerprint density at radius 2 is 1.91 bits per heavy atom. The minimum atomic E-state index is -0.413. The van der Waals surface area contributed by atoms with Crippen molar-refractivity contribution in [3.63, 3.8) is 0 Å². The Morgan fingerprint density at radius 3 is 2.71 bits per heavy atom. The van der Waals surface area contributed by atoms with E-state index in [2.05, 4.69) is 10.3 Å². The summed E-state index contributed by atoms with van der Waals surface area (Å²) in [5.41, 5.74) is 2.90. The Kier molecular flexibility index (Phi) is 5.53. The number of carbonyl (C=O) groups excluding carboxylic acids is 1. The molecule has 0 fully saturated rings. The van der Waals surface area contributed by atoms with E-state index in [-0.39, 0.29) is 5.91 Å². The molecule has 2 aromatic heterocycles. The lowest BCUT2D eigenvalue weighted by Gasteiger charge is -2.29. The SMILES string of the molecule is COc1c(C(=O)Nc2nn(CCc3ccncc3)c3ccccc23)ccc2c1C=CC(C)(C)O2. The molecule has 1 aliphatic rings. The van der Waals surface area contributed by atoms with Crippen molar-refractivity contribution < 1.29 is 14.3 Å². The van der Waals surface area contributed by atoms with Crippen LogP contribution in [0.2, 0.25) is 0 Å². The predicted molar refractivity (Wildman–Crippen MR) is 132 cm³/mol. The molecule has 0 unspecified atom stereocenters. The van der Waals surface area contributed by atoms with Crippen molar-refractivity contribution in [1.82, 2.24) is 14.8 Å². The molecule has 1 aliphatic heterocycles. The highest BCUT2D eigenvalue weighted by molar-refractivity contribution is 6.10.